The Hall–Kier alpha value is -3.09. The van der Waals surface area contributed by atoms with E-state index in [0.29, 0.717) is 11.5 Å². The zero-order chi connectivity index (χ0) is 19.7. The predicted octanol–water partition coefficient (Wildman–Crippen LogP) is 1.47. The number of benzene rings is 2. The molecule has 0 atom stereocenters. The molecule has 0 aliphatic rings. The highest BCUT2D eigenvalue weighted by molar-refractivity contribution is 7.89. The molecule has 2 rings (SSSR count). The van der Waals surface area contributed by atoms with E-state index in [1.165, 1.54) is 18.2 Å². The number of nitrogens with one attached hydrogen (secondary N) is 1. The number of hydrogen-bond acceptors (Lipinski definition) is 7. The molecule has 1 N–H and O–H groups in total. The summed E-state index contributed by atoms with van der Waals surface area (Å²) in [5, 5.41) is 8.97. The van der Waals surface area contributed by atoms with Crippen LogP contribution >= 0.6 is 0 Å². The number of rotatable bonds is 9. The molecule has 0 amide bonds. The van der Waals surface area contributed by atoms with Crippen molar-refractivity contribution < 1.29 is 27.4 Å². The first kappa shape index (κ1) is 20.2. The van der Waals surface area contributed by atoms with Crippen LogP contribution in [0.1, 0.15) is 5.56 Å². The summed E-state index contributed by atoms with van der Waals surface area (Å²) in [6, 6.07) is 14.4. The Balaban J connectivity index is 1.76. The molecule has 8 nitrogen and oxygen atoms in total. The number of carbonyl (C=O) groups excluding carboxylic acids is 1. The van der Waals surface area contributed by atoms with Crippen molar-refractivity contribution in [2.45, 2.75) is 4.90 Å². The Labute approximate surface area is 157 Å². The van der Waals surface area contributed by atoms with Gasteiger partial charge in [0.2, 0.25) is 10.0 Å². The SMILES string of the molecule is COc1ccc(OCCOC(=O)CNS(=O)(=O)c2ccccc2C#N)cc1. The van der Waals surface area contributed by atoms with Crippen molar-refractivity contribution in [3.05, 3.63) is 54.1 Å². The number of nitrogens with zero attached hydrogens (tertiary/aromatic N) is 1. The molecule has 0 aromatic heterocycles. The minimum absolute atomic E-state index is 0.00809. The molecule has 0 aliphatic heterocycles. The molecule has 0 saturated heterocycles. The van der Waals surface area contributed by atoms with E-state index in [4.69, 9.17) is 19.5 Å². The van der Waals surface area contributed by atoms with Gasteiger partial charge in [0.1, 0.15) is 37.3 Å². The average molecular weight is 390 g/mol. The maximum Gasteiger partial charge on any atom is 0.321 e. The summed E-state index contributed by atoms with van der Waals surface area (Å²) >= 11 is 0. The van der Waals surface area contributed by atoms with Gasteiger partial charge >= 0.3 is 5.97 Å². The van der Waals surface area contributed by atoms with Crippen molar-refractivity contribution in [2.24, 2.45) is 0 Å². The van der Waals surface area contributed by atoms with Crippen LogP contribution in [0, 0.1) is 11.3 Å². The van der Waals surface area contributed by atoms with Crippen LogP contribution in [-0.4, -0.2) is 41.3 Å². The standard InChI is InChI=1S/C18H18N2O6S/c1-24-15-6-8-16(9-7-15)25-10-11-26-18(21)13-20-27(22,23)17-5-3-2-4-14(17)12-19/h2-9,20H,10-11,13H2,1H3. The molecular formula is C18H18N2O6S. The first-order valence-corrected chi connectivity index (χ1v) is 9.36. The first-order chi connectivity index (χ1) is 13.0. The molecule has 0 aliphatic carbocycles. The smallest absolute Gasteiger partial charge is 0.321 e. The summed E-state index contributed by atoms with van der Waals surface area (Å²) in [6.45, 7) is -0.478. The zero-order valence-corrected chi connectivity index (χ0v) is 15.4. The Morgan fingerprint density at radius 2 is 1.74 bits per heavy atom. The third-order valence-electron chi connectivity index (χ3n) is 3.38. The van der Waals surface area contributed by atoms with Gasteiger partial charge in [0.05, 0.1) is 17.6 Å². The van der Waals surface area contributed by atoms with Crippen LogP contribution in [0.5, 0.6) is 11.5 Å². The second-order valence-electron chi connectivity index (χ2n) is 5.18. The second kappa shape index (κ2) is 9.56. The highest BCUT2D eigenvalue weighted by Gasteiger charge is 2.19. The molecule has 0 unspecified atom stereocenters. The number of hydrogen-bond donors (Lipinski definition) is 1. The van der Waals surface area contributed by atoms with Crippen molar-refractivity contribution in [3.63, 3.8) is 0 Å². The molecule has 2 aromatic carbocycles. The Morgan fingerprint density at radius 1 is 1.07 bits per heavy atom. The lowest BCUT2D eigenvalue weighted by atomic mass is 10.2. The van der Waals surface area contributed by atoms with Crippen molar-refractivity contribution in [1.29, 1.82) is 5.26 Å². The molecule has 9 heteroatoms. The van der Waals surface area contributed by atoms with Crippen LogP contribution in [0.15, 0.2) is 53.4 Å². The van der Waals surface area contributed by atoms with Gasteiger partial charge in [0.15, 0.2) is 0 Å². The van der Waals surface area contributed by atoms with E-state index in [1.807, 2.05) is 0 Å². The lowest BCUT2D eigenvalue weighted by Gasteiger charge is -2.09. The van der Waals surface area contributed by atoms with Crippen molar-refractivity contribution in [2.75, 3.05) is 26.9 Å². The quantitative estimate of drug-likeness (QED) is 0.509. The number of methoxy groups -OCH3 is 1. The largest absolute Gasteiger partial charge is 0.497 e. The average Bonchev–Trinajstić information content (AvgIpc) is 2.70. The van der Waals surface area contributed by atoms with Gasteiger partial charge in [-0.2, -0.15) is 9.98 Å². The Bertz CT molecular complexity index is 920. The van der Waals surface area contributed by atoms with Crippen LogP contribution in [0.4, 0.5) is 0 Å². The summed E-state index contributed by atoms with van der Waals surface area (Å²) < 4.78 is 41.8. The summed E-state index contributed by atoms with van der Waals surface area (Å²) in [7, 11) is -2.44. The van der Waals surface area contributed by atoms with Crippen LogP contribution in [0.3, 0.4) is 0 Å². The number of carbonyl (C=O) groups is 1. The fourth-order valence-electron chi connectivity index (χ4n) is 2.06. The molecule has 2 aromatic rings. The predicted molar refractivity (Wildman–Crippen MR) is 95.8 cm³/mol. The topological polar surface area (TPSA) is 115 Å². The fourth-order valence-corrected chi connectivity index (χ4v) is 3.19. The minimum Gasteiger partial charge on any atom is -0.497 e. The van der Waals surface area contributed by atoms with Gasteiger partial charge in [-0.25, -0.2) is 8.42 Å². The maximum atomic E-state index is 12.2. The second-order valence-corrected chi connectivity index (χ2v) is 6.91. The molecule has 0 saturated carbocycles. The van der Waals surface area contributed by atoms with E-state index in [-0.39, 0.29) is 23.7 Å². The molecule has 0 bridgehead atoms. The third-order valence-corrected chi connectivity index (χ3v) is 4.84. The number of esters is 1. The summed E-state index contributed by atoms with van der Waals surface area (Å²) in [5.41, 5.74) is -0.00809. The minimum atomic E-state index is -3.99. The monoisotopic (exact) mass is 390 g/mol. The number of sulfonamides is 1. The van der Waals surface area contributed by atoms with E-state index in [9.17, 15) is 13.2 Å². The number of ether oxygens (including phenoxy) is 3. The Kier molecular flexibility index (Phi) is 7.16. The van der Waals surface area contributed by atoms with Gasteiger partial charge in [-0.05, 0) is 36.4 Å². The van der Waals surface area contributed by atoms with Gasteiger partial charge in [0, 0.05) is 0 Å². The van der Waals surface area contributed by atoms with Crippen molar-refractivity contribution in [1.82, 2.24) is 4.72 Å². The zero-order valence-electron chi connectivity index (χ0n) is 14.5. The molecule has 142 valence electrons. The highest BCUT2D eigenvalue weighted by Crippen LogP contribution is 2.17. The molecule has 0 radical (unpaired) electrons. The molecule has 0 heterocycles. The lowest BCUT2D eigenvalue weighted by Crippen LogP contribution is -2.31. The van der Waals surface area contributed by atoms with Crippen LogP contribution in [0.2, 0.25) is 0 Å². The van der Waals surface area contributed by atoms with E-state index < -0.39 is 22.5 Å². The van der Waals surface area contributed by atoms with E-state index in [2.05, 4.69) is 4.72 Å². The first-order valence-electron chi connectivity index (χ1n) is 7.87. The Morgan fingerprint density at radius 3 is 2.41 bits per heavy atom. The van der Waals surface area contributed by atoms with E-state index in [0.717, 1.165) is 0 Å². The van der Waals surface area contributed by atoms with Crippen molar-refractivity contribution in [3.8, 4) is 17.6 Å². The third kappa shape index (κ3) is 5.99. The van der Waals surface area contributed by atoms with Crippen LogP contribution in [0.25, 0.3) is 0 Å². The fraction of sp³-hybridized carbons (Fsp3) is 0.222. The normalized spacial score (nSPS) is 10.7. The number of nitriles is 1. The molecular weight excluding hydrogens is 372 g/mol. The van der Waals surface area contributed by atoms with Gasteiger partial charge in [0.25, 0.3) is 0 Å². The highest BCUT2D eigenvalue weighted by atomic mass is 32.2. The van der Waals surface area contributed by atoms with Crippen LogP contribution in [-0.2, 0) is 19.6 Å². The molecule has 0 fully saturated rings. The molecule has 0 spiro atoms. The van der Waals surface area contributed by atoms with Gasteiger partial charge in [-0.3, -0.25) is 4.79 Å². The van der Waals surface area contributed by atoms with Crippen molar-refractivity contribution >= 4 is 16.0 Å². The molecule has 27 heavy (non-hydrogen) atoms. The van der Waals surface area contributed by atoms with E-state index in [1.54, 1.807) is 43.5 Å². The summed E-state index contributed by atoms with van der Waals surface area (Å²) in [6.07, 6.45) is 0. The van der Waals surface area contributed by atoms with E-state index >= 15 is 0 Å². The van der Waals surface area contributed by atoms with Gasteiger partial charge in [-0.15, -0.1) is 0 Å². The van der Waals surface area contributed by atoms with Crippen LogP contribution < -0.4 is 14.2 Å². The summed E-state index contributed by atoms with van der Waals surface area (Å²) in [4.78, 5) is 11.5. The van der Waals surface area contributed by atoms with Gasteiger partial charge < -0.3 is 14.2 Å². The lowest BCUT2D eigenvalue weighted by molar-refractivity contribution is -0.142. The summed E-state index contributed by atoms with van der Waals surface area (Å²) in [5.74, 6) is 0.519. The van der Waals surface area contributed by atoms with Gasteiger partial charge in [-0.1, -0.05) is 12.1 Å². The maximum absolute atomic E-state index is 12.2.